The van der Waals surface area contributed by atoms with Crippen molar-refractivity contribution in [3.8, 4) is 5.88 Å². The third-order valence-electron chi connectivity index (χ3n) is 7.89. The number of anilines is 2. The predicted octanol–water partition coefficient (Wildman–Crippen LogP) is 4.14. The zero-order chi connectivity index (χ0) is 24.8. The van der Waals surface area contributed by atoms with Gasteiger partial charge in [-0.25, -0.2) is 17.9 Å². The van der Waals surface area contributed by atoms with E-state index in [9.17, 15) is 13.2 Å². The van der Waals surface area contributed by atoms with Crippen LogP contribution in [-0.2, 0) is 6.54 Å². The summed E-state index contributed by atoms with van der Waals surface area (Å²) in [5.41, 5.74) is 1.13. The third-order valence-corrected chi connectivity index (χ3v) is 7.89. The van der Waals surface area contributed by atoms with Gasteiger partial charge in [0.1, 0.15) is 5.82 Å². The first-order chi connectivity index (χ1) is 17.5. The molecule has 6 rings (SSSR count). The lowest BCUT2D eigenvalue weighted by Gasteiger charge is -2.39. The molecule has 2 aromatic heterocycles. The van der Waals surface area contributed by atoms with Crippen LogP contribution in [0.4, 0.5) is 24.8 Å². The second kappa shape index (κ2) is 9.25. The van der Waals surface area contributed by atoms with Crippen LogP contribution in [0.5, 0.6) is 5.88 Å². The number of fused-ring (bicyclic) bond motifs is 3. The molecule has 8 nitrogen and oxygen atoms in total. The van der Waals surface area contributed by atoms with Crippen molar-refractivity contribution in [3.05, 3.63) is 53.2 Å². The van der Waals surface area contributed by atoms with Crippen LogP contribution in [0.15, 0.2) is 24.4 Å². The van der Waals surface area contributed by atoms with Crippen LogP contribution >= 0.6 is 0 Å². The Hall–Kier alpha value is -3.37. The topological polar surface area (TPSA) is 81.0 Å². The van der Waals surface area contributed by atoms with Crippen molar-refractivity contribution in [2.75, 3.05) is 30.4 Å². The maximum atomic E-state index is 14.7. The number of methoxy groups -OCH3 is 1. The van der Waals surface area contributed by atoms with Crippen LogP contribution in [0.2, 0.25) is 0 Å². The van der Waals surface area contributed by atoms with E-state index >= 15 is 0 Å². The van der Waals surface area contributed by atoms with Crippen LogP contribution in [0.1, 0.15) is 49.4 Å². The second-order valence-electron chi connectivity index (χ2n) is 9.96. The number of nitrogens with zero attached hydrogens (tertiary/aromatic N) is 6. The van der Waals surface area contributed by atoms with Gasteiger partial charge in [0, 0.05) is 43.2 Å². The normalized spacial score (nSPS) is 25.4. The molecule has 2 fully saturated rings. The maximum Gasteiger partial charge on any atom is 0.242 e. The Morgan fingerprint density at radius 3 is 2.61 bits per heavy atom. The van der Waals surface area contributed by atoms with Crippen LogP contribution in [-0.4, -0.2) is 51.2 Å². The van der Waals surface area contributed by atoms with E-state index in [1.165, 1.54) is 6.07 Å². The molecule has 0 spiro atoms. The van der Waals surface area contributed by atoms with E-state index in [2.05, 4.69) is 20.4 Å². The van der Waals surface area contributed by atoms with Crippen molar-refractivity contribution in [1.29, 1.82) is 0 Å². The minimum atomic E-state index is -1.44. The summed E-state index contributed by atoms with van der Waals surface area (Å²) in [6.07, 6.45) is 6.27. The van der Waals surface area contributed by atoms with Gasteiger partial charge in [0.05, 0.1) is 19.0 Å². The zero-order valence-electron chi connectivity index (χ0n) is 20.0. The van der Waals surface area contributed by atoms with Gasteiger partial charge in [-0.2, -0.15) is 10.1 Å². The molecule has 1 N–H and O–H groups in total. The van der Waals surface area contributed by atoms with Crippen LogP contribution in [0.25, 0.3) is 0 Å². The average Bonchev–Trinajstić information content (AvgIpc) is 3.30. The summed E-state index contributed by atoms with van der Waals surface area (Å²) in [7, 11) is 1.58. The number of nitrogens with one attached hydrogen (secondary N) is 1. The van der Waals surface area contributed by atoms with Gasteiger partial charge >= 0.3 is 0 Å². The lowest BCUT2D eigenvalue weighted by Crippen LogP contribution is -2.48. The number of aromatic nitrogens is 5. The van der Waals surface area contributed by atoms with E-state index in [1.807, 2.05) is 6.07 Å². The minimum Gasteiger partial charge on any atom is -0.480 e. The van der Waals surface area contributed by atoms with Gasteiger partial charge < -0.3 is 15.0 Å². The Morgan fingerprint density at radius 2 is 1.83 bits per heavy atom. The summed E-state index contributed by atoms with van der Waals surface area (Å²) in [5, 5.41) is 16.3. The van der Waals surface area contributed by atoms with Crippen molar-refractivity contribution in [2.45, 2.75) is 50.6 Å². The highest BCUT2D eigenvalue weighted by molar-refractivity contribution is 5.48. The molecule has 1 saturated carbocycles. The van der Waals surface area contributed by atoms with Gasteiger partial charge in [0.2, 0.25) is 11.8 Å². The van der Waals surface area contributed by atoms with Gasteiger partial charge in [-0.15, -0.1) is 10.2 Å². The molecule has 3 aliphatic rings. The van der Waals surface area contributed by atoms with E-state index in [-0.39, 0.29) is 11.6 Å². The number of benzene rings is 1. The molecule has 4 atom stereocenters. The zero-order valence-corrected chi connectivity index (χ0v) is 20.0. The van der Waals surface area contributed by atoms with E-state index < -0.39 is 23.4 Å². The van der Waals surface area contributed by atoms with E-state index in [4.69, 9.17) is 14.8 Å². The fraction of sp³-hybridized carbons (Fsp3) is 0.520. The van der Waals surface area contributed by atoms with Crippen molar-refractivity contribution in [3.63, 3.8) is 0 Å². The molecule has 1 aliphatic carbocycles. The average molecular weight is 500 g/mol. The quantitative estimate of drug-likeness (QED) is 0.529. The van der Waals surface area contributed by atoms with Gasteiger partial charge in [-0.3, -0.25) is 0 Å². The van der Waals surface area contributed by atoms with E-state index in [1.54, 1.807) is 18.0 Å². The highest BCUT2D eigenvalue weighted by Crippen LogP contribution is 2.41. The number of hydrogen-bond donors (Lipinski definition) is 1. The molecule has 2 bridgehead atoms. The molecule has 1 aromatic carbocycles. The molecule has 0 radical (unpaired) electrons. The van der Waals surface area contributed by atoms with E-state index in [0.29, 0.717) is 42.5 Å². The van der Waals surface area contributed by atoms with Gasteiger partial charge in [0.25, 0.3) is 0 Å². The Kier molecular flexibility index (Phi) is 5.93. The Morgan fingerprint density at radius 1 is 1.03 bits per heavy atom. The van der Waals surface area contributed by atoms with Crippen LogP contribution < -0.4 is 15.0 Å². The lowest BCUT2D eigenvalue weighted by atomic mass is 9.92. The summed E-state index contributed by atoms with van der Waals surface area (Å²) in [6, 6.07) is 4.45. The molecular weight excluding hydrogens is 471 g/mol. The molecule has 2 aliphatic heterocycles. The molecule has 1 unspecified atom stereocenters. The standard InChI is InChI=1S/C25H28F3N7O/c1-36-20-10-16(11-29-32-20)34-12-14-5-6-15(13-34)23(14)30-25-31-24-18(4-2-3-9-35(24)33-25)17-7-8-19(26)22(28)21(17)27/h7-8,10-11,14-15,18,23H,2-6,9,12-13H2,1H3,(H,30,33)/t14-,15+,18?,23-. The number of rotatable bonds is 5. The Balaban J connectivity index is 1.23. The number of piperidine rings is 1. The monoisotopic (exact) mass is 499 g/mol. The van der Waals surface area contributed by atoms with E-state index in [0.717, 1.165) is 50.5 Å². The Bertz CT molecular complexity index is 1250. The molecule has 11 heteroatoms. The van der Waals surface area contributed by atoms with Crippen molar-refractivity contribution in [1.82, 2.24) is 25.0 Å². The summed E-state index contributed by atoms with van der Waals surface area (Å²) >= 11 is 0. The SMILES string of the molecule is COc1cc(N2C[C@H]3CC[C@@H](C2)[C@@H]3Nc2nc3n(n2)CCCCC3c2ccc(F)c(F)c2F)cnn1. The molecule has 0 amide bonds. The van der Waals surface area contributed by atoms with Gasteiger partial charge in [-0.05, 0) is 43.6 Å². The number of ether oxygens (including phenoxy) is 1. The molecule has 36 heavy (non-hydrogen) atoms. The summed E-state index contributed by atoms with van der Waals surface area (Å²) in [4.78, 5) is 7.09. The first-order valence-electron chi connectivity index (χ1n) is 12.5. The minimum absolute atomic E-state index is 0.130. The number of halogens is 3. The molecule has 1 saturated heterocycles. The lowest BCUT2D eigenvalue weighted by molar-refractivity contribution is 0.372. The molecule has 190 valence electrons. The predicted molar refractivity (Wildman–Crippen MR) is 126 cm³/mol. The fourth-order valence-corrected chi connectivity index (χ4v) is 6.11. The smallest absolute Gasteiger partial charge is 0.242 e. The van der Waals surface area contributed by atoms with Crippen molar-refractivity contribution < 1.29 is 17.9 Å². The van der Waals surface area contributed by atoms with Gasteiger partial charge in [0.15, 0.2) is 17.5 Å². The molecule has 3 aromatic rings. The van der Waals surface area contributed by atoms with Crippen LogP contribution in [0, 0.1) is 29.3 Å². The summed E-state index contributed by atoms with van der Waals surface area (Å²) < 4.78 is 49.3. The number of hydrogen-bond acceptors (Lipinski definition) is 7. The van der Waals surface area contributed by atoms with Gasteiger partial charge in [-0.1, -0.05) is 12.5 Å². The highest BCUT2D eigenvalue weighted by atomic mass is 19.2. The van der Waals surface area contributed by atoms with Crippen LogP contribution in [0.3, 0.4) is 0 Å². The Labute approximate surface area is 206 Å². The second-order valence-corrected chi connectivity index (χ2v) is 9.96. The molecule has 4 heterocycles. The maximum absolute atomic E-state index is 14.7. The molecular formula is C25H28F3N7O. The van der Waals surface area contributed by atoms with Crippen molar-refractivity contribution >= 4 is 11.6 Å². The first kappa shape index (κ1) is 23.1. The highest BCUT2D eigenvalue weighted by Gasteiger charge is 2.43. The summed E-state index contributed by atoms with van der Waals surface area (Å²) in [5.74, 6) is -1.81. The fourth-order valence-electron chi connectivity index (χ4n) is 6.11. The first-order valence-corrected chi connectivity index (χ1v) is 12.5. The largest absolute Gasteiger partial charge is 0.480 e. The summed E-state index contributed by atoms with van der Waals surface area (Å²) in [6.45, 7) is 2.41. The van der Waals surface area contributed by atoms with Crippen molar-refractivity contribution in [2.24, 2.45) is 11.8 Å². The third kappa shape index (κ3) is 4.04. The number of aryl methyl sites for hydroxylation is 1.